The van der Waals surface area contributed by atoms with Crippen molar-refractivity contribution in [3.05, 3.63) is 40.9 Å². The smallest absolute Gasteiger partial charge is 0.250 e. The van der Waals surface area contributed by atoms with Gasteiger partial charge in [0.25, 0.3) is 5.91 Å². The van der Waals surface area contributed by atoms with Crippen LogP contribution < -0.4 is 5.73 Å². The van der Waals surface area contributed by atoms with E-state index in [9.17, 15) is 13.9 Å². The third-order valence-corrected chi connectivity index (χ3v) is 7.21. The van der Waals surface area contributed by atoms with Crippen LogP contribution in [0, 0.1) is 13.8 Å². The fraction of sp³-hybridized carbons (Fsp3) is 0.368. The Morgan fingerprint density at radius 3 is 2.59 bits per heavy atom. The number of aryl methyl sites for hydroxylation is 2. The van der Waals surface area contributed by atoms with E-state index in [-0.39, 0.29) is 5.92 Å². The van der Waals surface area contributed by atoms with Gasteiger partial charge in [0.1, 0.15) is 5.76 Å². The van der Waals surface area contributed by atoms with Gasteiger partial charge in [-0.15, -0.1) is 0 Å². The number of carbonyl (C=O) groups excluding carboxylic acids is 1. The number of aromatic amines is 1. The Hall–Kier alpha value is -2.29. The first-order valence-electron chi connectivity index (χ1n) is 8.88. The standard InChI is InChI=1S/C19H23N3O4S/c1-10-17(11(2)26-22-10)13-7-14-16(12-3-5-27(24,25)6-4-12)9-21-18(14)15(8-13)19(20)23/h7-9,12,21,24-25H,3-6H2,1-2H3,(H2,20,23). The number of rotatable bonds is 3. The molecule has 0 spiro atoms. The van der Waals surface area contributed by atoms with E-state index in [1.54, 1.807) is 6.07 Å². The van der Waals surface area contributed by atoms with Crippen molar-refractivity contribution in [2.24, 2.45) is 5.73 Å². The largest absolute Gasteiger partial charge is 0.366 e. The Labute approximate surface area is 158 Å². The number of amides is 1. The maximum absolute atomic E-state index is 12.1. The number of fused-ring (bicyclic) bond motifs is 1. The van der Waals surface area contributed by atoms with Crippen molar-refractivity contribution in [2.45, 2.75) is 32.6 Å². The van der Waals surface area contributed by atoms with E-state index in [0.717, 1.165) is 27.8 Å². The summed E-state index contributed by atoms with van der Waals surface area (Å²) in [6.07, 6.45) is 3.32. The molecule has 1 amide bonds. The minimum Gasteiger partial charge on any atom is -0.366 e. The molecule has 1 saturated heterocycles. The lowest BCUT2D eigenvalue weighted by molar-refractivity contribution is 0.100. The van der Waals surface area contributed by atoms with Gasteiger partial charge in [0, 0.05) is 28.7 Å². The van der Waals surface area contributed by atoms with E-state index in [4.69, 9.17) is 10.3 Å². The Kier molecular flexibility index (Phi) is 4.29. The van der Waals surface area contributed by atoms with Gasteiger partial charge in [0.2, 0.25) is 0 Å². The van der Waals surface area contributed by atoms with Gasteiger partial charge >= 0.3 is 0 Å². The minimum absolute atomic E-state index is 0.208. The lowest BCUT2D eigenvalue weighted by Gasteiger charge is -2.39. The van der Waals surface area contributed by atoms with Crippen LogP contribution in [-0.4, -0.2) is 36.7 Å². The summed E-state index contributed by atoms with van der Waals surface area (Å²) in [5, 5.41) is 4.95. The maximum Gasteiger partial charge on any atom is 0.250 e. The fourth-order valence-corrected chi connectivity index (χ4v) is 5.57. The first-order valence-corrected chi connectivity index (χ1v) is 10.8. The number of nitrogens with one attached hydrogen (secondary N) is 1. The van der Waals surface area contributed by atoms with E-state index < -0.39 is 16.5 Å². The van der Waals surface area contributed by atoms with Gasteiger partial charge in [-0.25, -0.2) is 0 Å². The summed E-state index contributed by atoms with van der Waals surface area (Å²) >= 11 is 0. The Morgan fingerprint density at radius 2 is 2.00 bits per heavy atom. The molecule has 2 aromatic heterocycles. The zero-order valence-electron chi connectivity index (χ0n) is 15.3. The van der Waals surface area contributed by atoms with Crippen LogP contribution in [0.3, 0.4) is 0 Å². The zero-order valence-corrected chi connectivity index (χ0v) is 16.1. The molecule has 144 valence electrons. The van der Waals surface area contributed by atoms with Gasteiger partial charge < -0.3 is 15.2 Å². The number of nitrogens with two attached hydrogens (primary N) is 1. The van der Waals surface area contributed by atoms with E-state index in [1.165, 1.54) is 0 Å². The normalized spacial score (nSPS) is 18.7. The molecule has 27 heavy (non-hydrogen) atoms. The van der Waals surface area contributed by atoms with Gasteiger partial charge in [-0.2, -0.15) is 10.6 Å². The van der Waals surface area contributed by atoms with Crippen LogP contribution in [0.2, 0.25) is 0 Å². The predicted molar refractivity (Wildman–Crippen MR) is 106 cm³/mol. The number of H-pyrrole nitrogens is 1. The molecule has 8 heteroatoms. The molecule has 7 nitrogen and oxygen atoms in total. The quantitative estimate of drug-likeness (QED) is 0.535. The van der Waals surface area contributed by atoms with Crippen molar-refractivity contribution in [3.8, 4) is 11.1 Å². The van der Waals surface area contributed by atoms with Crippen molar-refractivity contribution in [1.82, 2.24) is 10.1 Å². The summed E-state index contributed by atoms with van der Waals surface area (Å²) in [5.74, 6) is 1.22. The van der Waals surface area contributed by atoms with Crippen LogP contribution in [0.25, 0.3) is 22.0 Å². The third-order valence-electron chi connectivity index (χ3n) is 5.44. The van der Waals surface area contributed by atoms with Crippen LogP contribution in [0.4, 0.5) is 0 Å². The Balaban J connectivity index is 1.87. The molecule has 0 unspecified atom stereocenters. The zero-order chi connectivity index (χ0) is 19.3. The highest BCUT2D eigenvalue weighted by Gasteiger charge is 2.28. The lowest BCUT2D eigenvalue weighted by atomic mass is 9.90. The second kappa shape index (κ2) is 6.40. The van der Waals surface area contributed by atoms with Crippen molar-refractivity contribution in [3.63, 3.8) is 0 Å². The van der Waals surface area contributed by atoms with Gasteiger partial charge in [0.05, 0.1) is 16.8 Å². The van der Waals surface area contributed by atoms with Crippen molar-refractivity contribution in [1.29, 1.82) is 0 Å². The van der Waals surface area contributed by atoms with Crippen LogP contribution in [-0.2, 0) is 0 Å². The highest BCUT2D eigenvalue weighted by molar-refractivity contribution is 8.24. The van der Waals surface area contributed by atoms with Gasteiger partial charge in [-0.3, -0.25) is 13.9 Å². The molecule has 0 atom stereocenters. The first-order chi connectivity index (χ1) is 12.8. The molecule has 1 aliphatic rings. The SMILES string of the molecule is Cc1noc(C)c1-c1cc(C(N)=O)c2[nH]cc(C3CCS(O)(O)CC3)c2c1. The molecule has 0 bridgehead atoms. The monoisotopic (exact) mass is 389 g/mol. The molecule has 3 heterocycles. The molecule has 1 aromatic carbocycles. The average molecular weight is 389 g/mol. The number of carbonyl (C=O) groups is 1. The molecule has 1 fully saturated rings. The van der Waals surface area contributed by atoms with E-state index in [0.29, 0.717) is 41.2 Å². The van der Waals surface area contributed by atoms with Gasteiger partial charge in [-0.1, -0.05) is 5.16 Å². The second-order valence-corrected chi connectivity index (χ2v) is 9.66. The van der Waals surface area contributed by atoms with Gasteiger partial charge in [-0.05, 0) is 55.9 Å². The molecule has 0 aliphatic carbocycles. The van der Waals surface area contributed by atoms with Crippen molar-refractivity contribution < 1.29 is 18.4 Å². The lowest BCUT2D eigenvalue weighted by Crippen LogP contribution is -2.19. The average Bonchev–Trinajstić information content (AvgIpc) is 3.17. The summed E-state index contributed by atoms with van der Waals surface area (Å²) < 4.78 is 25.1. The number of hydrogen-bond acceptors (Lipinski definition) is 5. The molecule has 5 N–H and O–H groups in total. The summed E-state index contributed by atoms with van der Waals surface area (Å²) in [5.41, 5.74) is 10.3. The van der Waals surface area contributed by atoms with Crippen molar-refractivity contribution in [2.75, 3.05) is 11.5 Å². The van der Waals surface area contributed by atoms with E-state index in [1.807, 2.05) is 26.1 Å². The molecular formula is C19H23N3O4S. The highest BCUT2D eigenvalue weighted by Crippen LogP contribution is 2.49. The summed E-state index contributed by atoms with van der Waals surface area (Å²) in [7, 11) is -2.44. The first kappa shape index (κ1) is 18.1. The number of primary amides is 1. The second-order valence-electron chi connectivity index (χ2n) is 7.24. The van der Waals surface area contributed by atoms with E-state index >= 15 is 0 Å². The Bertz CT molecular complexity index is 1010. The topological polar surface area (TPSA) is 125 Å². The molecule has 1 aliphatic heterocycles. The molecule has 0 saturated carbocycles. The van der Waals surface area contributed by atoms with E-state index in [2.05, 4.69) is 10.1 Å². The molecule has 0 radical (unpaired) electrons. The Morgan fingerprint density at radius 1 is 1.30 bits per heavy atom. The predicted octanol–water partition coefficient (Wildman–Crippen LogP) is 4.17. The number of hydrogen-bond donors (Lipinski definition) is 4. The van der Waals surface area contributed by atoms with Gasteiger partial charge in [0.15, 0.2) is 0 Å². The maximum atomic E-state index is 12.1. The van der Waals surface area contributed by atoms with Crippen LogP contribution >= 0.6 is 10.6 Å². The summed E-state index contributed by atoms with van der Waals surface area (Å²) in [6, 6.07) is 3.81. The van der Waals surface area contributed by atoms with Crippen LogP contribution in [0.15, 0.2) is 22.9 Å². The van der Waals surface area contributed by atoms with Crippen molar-refractivity contribution >= 4 is 27.4 Å². The fourth-order valence-electron chi connectivity index (χ4n) is 4.04. The van der Waals surface area contributed by atoms with Crippen LogP contribution in [0.1, 0.15) is 46.1 Å². The van der Waals surface area contributed by atoms with Crippen LogP contribution in [0.5, 0.6) is 0 Å². The molecular weight excluding hydrogens is 366 g/mol. The molecule has 4 rings (SSSR count). The molecule has 3 aromatic rings. The highest BCUT2D eigenvalue weighted by atomic mass is 32.3. The summed E-state index contributed by atoms with van der Waals surface area (Å²) in [6.45, 7) is 3.71. The summed E-state index contributed by atoms with van der Waals surface area (Å²) in [4.78, 5) is 15.3. The number of nitrogens with zero attached hydrogens (tertiary/aromatic N) is 1. The number of aromatic nitrogens is 2. The number of benzene rings is 1. The third kappa shape index (κ3) is 3.13. The minimum atomic E-state index is -2.44.